The molecule has 0 aromatic heterocycles. The van der Waals surface area contributed by atoms with Crippen LogP contribution in [0.1, 0.15) is 13.3 Å². The molecule has 2 N–H and O–H groups in total. The van der Waals surface area contributed by atoms with Crippen LogP contribution in [0, 0.1) is 0 Å². The molecule has 0 atom stereocenters. The third-order valence-electron chi connectivity index (χ3n) is 1.24. The van der Waals surface area contributed by atoms with Crippen LogP contribution in [-0.2, 0) is 14.9 Å². The van der Waals surface area contributed by atoms with E-state index < -0.39 is 16.3 Å². The standard InChI is InChI=1S/C7H14N2O4S/c1-3-4-5-6-8-14(11,12)9-7(10)13-2/h3-4,8H,5-6H2,1-2H3,(H,9,10)/b4-3+. The van der Waals surface area contributed by atoms with Crippen molar-refractivity contribution in [3.63, 3.8) is 0 Å². The average Bonchev–Trinajstić information content (AvgIpc) is 2.12. The van der Waals surface area contributed by atoms with E-state index >= 15 is 0 Å². The Balaban J connectivity index is 3.90. The highest BCUT2D eigenvalue weighted by Gasteiger charge is 2.12. The first-order valence-corrected chi connectivity index (χ1v) is 5.46. The first-order chi connectivity index (χ1) is 6.52. The van der Waals surface area contributed by atoms with Crippen molar-refractivity contribution in [1.82, 2.24) is 9.44 Å². The highest BCUT2D eigenvalue weighted by Crippen LogP contribution is 1.84. The summed E-state index contributed by atoms with van der Waals surface area (Å²) in [6.45, 7) is 2.07. The Kier molecular flexibility index (Phi) is 5.89. The van der Waals surface area contributed by atoms with Gasteiger partial charge in [0.25, 0.3) is 0 Å². The summed E-state index contributed by atoms with van der Waals surface area (Å²) in [7, 11) is -2.69. The monoisotopic (exact) mass is 222 g/mol. The molecular weight excluding hydrogens is 208 g/mol. The molecule has 0 rings (SSSR count). The van der Waals surface area contributed by atoms with Crippen LogP contribution >= 0.6 is 0 Å². The zero-order valence-electron chi connectivity index (χ0n) is 8.11. The molecule has 0 fully saturated rings. The highest BCUT2D eigenvalue weighted by molar-refractivity contribution is 7.88. The van der Waals surface area contributed by atoms with Crippen molar-refractivity contribution in [1.29, 1.82) is 0 Å². The van der Waals surface area contributed by atoms with Crippen LogP contribution in [0.15, 0.2) is 12.2 Å². The maximum atomic E-state index is 11.0. The van der Waals surface area contributed by atoms with Crippen LogP contribution in [0.2, 0.25) is 0 Å². The minimum Gasteiger partial charge on any atom is -0.452 e. The van der Waals surface area contributed by atoms with Gasteiger partial charge < -0.3 is 4.74 Å². The quantitative estimate of drug-likeness (QED) is 0.512. The largest absolute Gasteiger partial charge is 0.452 e. The molecular formula is C7H14N2O4S. The van der Waals surface area contributed by atoms with E-state index in [1.54, 1.807) is 10.8 Å². The summed E-state index contributed by atoms with van der Waals surface area (Å²) < 4.78 is 30.0. The number of hydrogen-bond donors (Lipinski definition) is 2. The molecule has 7 heteroatoms. The molecule has 14 heavy (non-hydrogen) atoms. The second-order valence-corrected chi connectivity index (χ2v) is 3.85. The molecule has 0 spiro atoms. The summed E-state index contributed by atoms with van der Waals surface area (Å²) in [6.07, 6.45) is 3.17. The Morgan fingerprint density at radius 1 is 1.50 bits per heavy atom. The molecule has 0 aromatic carbocycles. The second kappa shape index (κ2) is 6.39. The predicted molar refractivity (Wildman–Crippen MR) is 51.9 cm³/mol. The van der Waals surface area contributed by atoms with E-state index in [-0.39, 0.29) is 6.54 Å². The number of hydrogen-bond acceptors (Lipinski definition) is 4. The van der Waals surface area contributed by atoms with Crippen LogP contribution in [0.4, 0.5) is 4.79 Å². The number of ether oxygens (including phenoxy) is 1. The van der Waals surface area contributed by atoms with Crippen molar-refractivity contribution in [2.45, 2.75) is 13.3 Å². The lowest BCUT2D eigenvalue weighted by atomic mass is 10.4. The fraction of sp³-hybridized carbons (Fsp3) is 0.571. The summed E-state index contributed by atoms with van der Waals surface area (Å²) >= 11 is 0. The van der Waals surface area contributed by atoms with Gasteiger partial charge in [0.15, 0.2) is 0 Å². The van der Waals surface area contributed by atoms with E-state index in [4.69, 9.17) is 0 Å². The fourth-order valence-corrected chi connectivity index (χ4v) is 1.39. The van der Waals surface area contributed by atoms with Gasteiger partial charge in [-0.2, -0.15) is 13.1 Å². The predicted octanol–water partition coefficient (Wildman–Crippen LogP) is 0.143. The number of methoxy groups -OCH3 is 1. The Morgan fingerprint density at radius 2 is 2.14 bits per heavy atom. The van der Waals surface area contributed by atoms with Crippen LogP contribution < -0.4 is 9.44 Å². The number of carbonyl (C=O) groups is 1. The maximum absolute atomic E-state index is 11.0. The minimum absolute atomic E-state index is 0.233. The molecule has 0 aromatic rings. The topological polar surface area (TPSA) is 84.5 Å². The molecule has 0 heterocycles. The molecule has 82 valence electrons. The Morgan fingerprint density at radius 3 is 2.64 bits per heavy atom. The second-order valence-electron chi connectivity index (χ2n) is 2.35. The van der Waals surface area contributed by atoms with Gasteiger partial charge in [0.1, 0.15) is 0 Å². The van der Waals surface area contributed by atoms with Gasteiger partial charge in [0.2, 0.25) is 0 Å². The van der Waals surface area contributed by atoms with Gasteiger partial charge in [-0.3, -0.25) is 0 Å². The molecule has 0 aliphatic rings. The first-order valence-electron chi connectivity index (χ1n) is 3.98. The van der Waals surface area contributed by atoms with E-state index in [1.165, 1.54) is 0 Å². The molecule has 6 nitrogen and oxygen atoms in total. The van der Waals surface area contributed by atoms with E-state index in [0.717, 1.165) is 7.11 Å². The van der Waals surface area contributed by atoms with Crippen LogP contribution in [0.3, 0.4) is 0 Å². The van der Waals surface area contributed by atoms with Crippen molar-refractivity contribution in [3.8, 4) is 0 Å². The number of nitrogens with one attached hydrogen (secondary N) is 2. The zero-order chi connectivity index (χ0) is 11.0. The molecule has 0 aliphatic heterocycles. The van der Waals surface area contributed by atoms with Crippen LogP contribution in [0.5, 0.6) is 0 Å². The van der Waals surface area contributed by atoms with Gasteiger partial charge in [-0.25, -0.2) is 9.52 Å². The molecule has 0 saturated carbocycles. The number of carbonyl (C=O) groups excluding carboxylic acids is 1. The lowest BCUT2D eigenvalue weighted by Gasteiger charge is -2.05. The Hall–Kier alpha value is -1.08. The third kappa shape index (κ3) is 6.44. The maximum Gasteiger partial charge on any atom is 0.421 e. The summed E-state index contributed by atoms with van der Waals surface area (Å²) in [4.78, 5) is 10.5. The summed E-state index contributed by atoms with van der Waals surface area (Å²) in [5.74, 6) is 0. The first kappa shape index (κ1) is 12.9. The zero-order valence-corrected chi connectivity index (χ0v) is 8.93. The summed E-state index contributed by atoms with van der Waals surface area (Å²) in [5, 5.41) is 0. The minimum atomic E-state index is -3.78. The van der Waals surface area contributed by atoms with Crippen molar-refractivity contribution < 1.29 is 17.9 Å². The number of rotatable bonds is 5. The van der Waals surface area contributed by atoms with Crippen molar-refractivity contribution in [3.05, 3.63) is 12.2 Å². The van der Waals surface area contributed by atoms with Crippen molar-refractivity contribution in [2.24, 2.45) is 0 Å². The summed E-state index contributed by atoms with van der Waals surface area (Å²) in [6, 6.07) is 0. The van der Waals surface area contributed by atoms with E-state index in [1.807, 2.05) is 13.0 Å². The van der Waals surface area contributed by atoms with Gasteiger partial charge in [-0.1, -0.05) is 12.2 Å². The Bertz CT molecular complexity index is 297. The van der Waals surface area contributed by atoms with Crippen molar-refractivity contribution >= 4 is 16.3 Å². The average molecular weight is 222 g/mol. The molecule has 0 unspecified atom stereocenters. The van der Waals surface area contributed by atoms with Gasteiger partial charge in [0.05, 0.1) is 7.11 Å². The molecule has 1 amide bonds. The van der Waals surface area contributed by atoms with E-state index in [0.29, 0.717) is 6.42 Å². The van der Waals surface area contributed by atoms with Gasteiger partial charge in [0, 0.05) is 6.54 Å². The number of amides is 1. The SMILES string of the molecule is C/C=C/CCNS(=O)(=O)NC(=O)OC. The molecule has 0 saturated heterocycles. The normalized spacial score (nSPS) is 11.6. The van der Waals surface area contributed by atoms with Gasteiger partial charge in [-0.15, -0.1) is 0 Å². The Labute approximate surface area is 83.5 Å². The van der Waals surface area contributed by atoms with Gasteiger partial charge in [-0.05, 0) is 13.3 Å². The third-order valence-corrected chi connectivity index (χ3v) is 2.26. The summed E-state index contributed by atoms with van der Waals surface area (Å²) in [5.41, 5.74) is 0. The molecule has 0 aliphatic carbocycles. The van der Waals surface area contributed by atoms with Crippen LogP contribution in [-0.4, -0.2) is 28.2 Å². The molecule has 0 bridgehead atoms. The molecule has 0 radical (unpaired) electrons. The fourth-order valence-electron chi connectivity index (χ4n) is 0.631. The smallest absolute Gasteiger partial charge is 0.421 e. The highest BCUT2D eigenvalue weighted by atomic mass is 32.2. The van der Waals surface area contributed by atoms with Gasteiger partial charge >= 0.3 is 16.3 Å². The van der Waals surface area contributed by atoms with E-state index in [2.05, 4.69) is 9.46 Å². The van der Waals surface area contributed by atoms with Crippen molar-refractivity contribution in [2.75, 3.05) is 13.7 Å². The van der Waals surface area contributed by atoms with E-state index in [9.17, 15) is 13.2 Å². The lowest BCUT2D eigenvalue weighted by Crippen LogP contribution is -2.40. The van der Waals surface area contributed by atoms with Crippen LogP contribution in [0.25, 0.3) is 0 Å². The number of allylic oxidation sites excluding steroid dienone is 1. The lowest BCUT2D eigenvalue weighted by molar-refractivity contribution is 0.177.